The molecule has 2 aromatic rings. The SMILES string of the molecule is CCCNC(=O)CN1C(=O)[C@H](CC)Oc2ccc(C(=O)c3ccco3)cc21. The highest BCUT2D eigenvalue weighted by Gasteiger charge is 2.35. The van der Waals surface area contributed by atoms with E-state index in [4.69, 9.17) is 9.15 Å². The molecular weight excluding hydrogens is 348 g/mol. The molecule has 1 aliphatic heterocycles. The van der Waals surface area contributed by atoms with Gasteiger partial charge >= 0.3 is 0 Å². The van der Waals surface area contributed by atoms with Crippen molar-refractivity contribution in [3.05, 3.63) is 47.9 Å². The molecule has 0 unspecified atom stereocenters. The molecule has 1 N–H and O–H groups in total. The van der Waals surface area contributed by atoms with Gasteiger partial charge in [-0.15, -0.1) is 0 Å². The number of rotatable bonds is 7. The largest absolute Gasteiger partial charge is 0.478 e. The molecule has 0 spiro atoms. The van der Waals surface area contributed by atoms with Crippen LogP contribution in [0.25, 0.3) is 0 Å². The summed E-state index contributed by atoms with van der Waals surface area (Å²) in [4.78, 5) is 38.9. The van der Waals surface area contributed by atoms with E-state index in [9.17, 15) is 14.4 Å². The highest BCUT2D eigenvalue weighted by Crippen LogP contribution is 2.36. The molecule has 0 bridgehead atoms. The molecule has 27 heavy (non-hydrogen) atoms. The molecule has 3 rings (SSSR count). The molecule has 1 aromatic carbocycles. The average Bonchev–Trinajstić information content (AvgIpc) is 3.22. The van der Waals surface area contributed by atoms with Crippen molar-refractivity contribution in [2.24, 2.45) is 0 Å². The van der Waals surface area contributed by atoms with Gasteiger partial charge in [0.05, 0.1) is 12.0 Å². The molecule has 2 heterocycles. The minimum absolute atomic E-state index is 0.121. The number of ether oxygens (including phenoxy) is 1. The predicted molar refractivity (Wildman–Crippen MR) is 98.9 cm³/mol. The van der Waals surface area contributed by atoms with Crippen LogP contribution >= 0.6 is 0 Å². The maximum atomic E-state index is 12.8. The Morgan fingerprint density at radius 1 is 1.22 bits per heavy atom. The Morgan fingerprint density at radius 3 is 2.70 bits per heavy atom. The molecule has 0 fully saturated rings. The Morgan fingerprint density at radius 2 is 2.04 bits per heavy atom. The minimum atomic E-state index is -0.650. The third-order valence-electron chi connectivity index (χ3n) is 4.31. The first-order chi connectivity index (χ1) is 13.0. The fourth-order valence-electron chi connectivity index (χ4n) is 2.90. The van der Waals surface area contributed by atoms with Gasteiger partial charge in [0.15, 0.2) is 11.9 Å². The minimum Gasteiger partial charge on any atom is -0.478 e. The van der Waals surface area contributed by atoms with E-state index in [1.165, 1.54) is 11.2 Å². The average molecular weight is 370 g/mol. The Balaban J connectivity index is 1.94. The summed E-state index contributed by atoms with van der Waals surface area (Å²) in [6, 6.07) is 8.05. The summed E-state index contributed by atoms with van der Waals surface area (Å²) in [5.41, 5.74) is 0.766. The lowest BCUT2D eigenvalue weighted by Gasteiger charge is -2.34. The smallest absolute Gasteiger partial charge is 0.268 e. The molecular formula is C20H22N2O5. The van der Waals surface area contributed by atoms with E-state index in [0.29, 0.717) is 30.0 Å². The second-order valence-electron chi connectivity index (χ2n) is 6.28. The van der Waals surface area contributed by atoms with Crippen LogP contribution < -0.4 is 15.0 Å². The van der Waals surface area contributed by atoms with Crippen LogP contribution in [0, 0.1) is 0 Å². The molecule has 1 aliphatic rings. The van der Waals surface area contributed by atoms with Crippen molar-refractivity contribution in [2.75, 3.05) is 18.0 Å². The molecule has 0 aliphatic carbocycles. The lowest BCUT2D eigenvalue weighted by Crippen LogP contribution is -2.49. The van der Waals surface area contributed by atoms with Gasteiger partial charge in [0.2, 0.25) is 11.7 Å². The number of hydrogen-bond donors (Lipinski definition) is 1. The van der Waals surface area contributed by atoms with Crippen LogP contribution in [0.2, 0.25) is 0 Å². The number of nitrogens with zero attached hydrogens (tertiary/aromatic N) is 1. The van der Waals surface area contributed by atoms with Crippen molar-refractivity contribution in [3.63, 3.8) is 0 Å². The van der Waals surface area contributed by atoms with Gasteiger partial charge in [-0.25, -0.2) is 0 Å². The number of anilines is 1. The molecule has 0 radical (unpaired) electrons. The normalized spacial score (nSPS) is 15.9. The number of furan rings is 1. The van der Waals surface area contributed by atoms with Gasteiger partial charge < -0.3 is 14.5 Å². The Labute approximate surface area is 157 Å². The van der Waals surface area contributed by atoms with Crippen LogP contribution in [0.5, 0.6) is 5.75 Å². The molecule has 7 nitrogen and oxygen atoms in total. The number of carbonyl (C=O) groups is 3. The number of benzene rings is 1. The van der Waals surface area contributed by atoms with Gasteiger partial charge in [0.25, 0.3) is 5.91 Å². The number of amides is 2. The standard InChI is InChI=1S/C20H22N2O5/c1-3-9-21-18(23)12-22-14-11-13(19(24)17-6-5-10-26-17)7-8-16(14)27-15(4-2)20(22)25/h5-8,10-11,15H,3-4,9,12H2,1-2H3,(H,21,23)/t15-/m0/s1. The van der Waals surface area contributed by atoms with E-state index in [0.717, 1.165) is 6.42 Å². The summed E-state index contributed by atoms with van der Waals surface area (Å²) in [6.07, 6.45) is 2.06. The predicted octanol–water partition coefficient (Wildman–Crippen LogP) is 2.54. The van der Waals surface area contributed by atoms with Crippen LogP contribution in [0.4, 0.5) is 5.69 Å². The molecule has 2 amide bonds. The first-order valence-electron chi connectivity index (χ1n) is 9.02. The highest BCUT2D eigenvalue weighted by molar-refractivity contribution is 6.10. The van der Waals surface area contributed by atoms with Crippen molar-refractivity contribution in [3.8, 4) is 5.75 Å². The van der Waals surface area contributed by atoms with Crippen LogP contribution in [-0.4, -0.2) is 36.8 Å². The summed E-state index contributed by atoms with van der Waals surface area (Å²) in [5.74, 6) is -0.171. The topological polar surface area (TPSA) is 88.9 Å². The van der Waals surface area contributed by atoms with E-state index in [2.05, 4.69) is 5.32 Å². The molecule has 142 valence electrons. The second-order valence-corrected chi connectivity index (χ2v) is 6.28. The van der Waals surface area contributed by atoms with Gasteiger partial charge in [-0.3, -0.25) is 19.3 Å². The monoisotopic (exact) mass is 370 g/mol. The van der Waals surface area contributed by atoms with E-state index < -0.39 is 6.10 Å². The van der Waals surface area contributed by atoms with E-state index >= 15 is 0 Å². The molecule has 0 saturated carbocycles. The zero-order chi connectivity index (χ0) is 19.4. The van der Waals surface area contributed by atoms with Crippen LogP contribution in [0.1, 0.15) is 42.8 Å². The van der Waals surface area contributed by atoms with Crippen LogP contribution in [0.15, 0.2) is 41.0 Å². The number of hydrogen-bond acceptors (Lipinski definition) is 5. The number of nitrogens with one attached hydrogen (secondary N) is 1. The van der Waals surface area contributed by atoms with Gasteiger partial charge in [-0.2, -0.15) is 0 Å². The van der Waals surface area contributed by atoms with Gasteiger partial charge in [0.1, 0.15) is 12.3 Å². The van der Waals surface area contributed by atoms with E-state index in [1.807, 2.05) is 13.8 Å². The lowest BCUT2D eigenvalue weighted by atomic mass is 10.0. The molecule has 1 aromatic heterocycles. The van der Waals surface area contributed by atoms with Gasteiger partial charge in [0, 0.05) is 12.1 Å². The number of carbonyl (C=O) groups excluding carboxylic acids is 3. The summed E-state index contributed by atoms with van der Waals surface area (Å²) in [6.45, 7) is 4.22. The second kappa shape index (κ2) is 8.07. The third-order valence-corrected chi connectivity index (χ3v) is 4.31. The first kappa shape index (κ1) is 18.7. The zero-order valence-electron chi connectivity index (χ0n) is 15.4. The summed E-state index contributed by atoms with van der Waals surface area (Å²) in [5, 5.41) is 2.77. The Kier molecular flexibility index (Phi) is 5.59. The highest BCUT2D eigenvalue weighted by atomic mass is 16.5. The zero-order valence-corrected chi connectivity index (χ0v) is 15.4. The molecule has 1 atom stereocenters. The Hall–Kier alpha value is -3.09. The van der Waals surface area contributed by atoms with E-state index in [-0.39, 0.29) is 29.9 Å². The van der Waals surface area contributed by atoms with Crippen molar-refractivity contribution < 1.29 is 23.5 Å². The number of fused-ring (bicyclic) bond motifs is 1. The van der Waals surface area contributed by atoms with Gasteiger partial charge in [-0.05, 0) is 43.2 Å². The summed E-state index contributed by atoms with van der Waals surface area (Å²) < 4.78 is 10.9. The van der Waals surface area contributed by atoms with Crippen LogP contribution in [0.3, 0.4) is 0 Å². The third kappa shape index (κ3) is 3.86. The number of ketones is 1. The van der Waals surface area contributed by atoms with Crippen LogP contribution in [-0.2, 0) is 9.59 Å². The van der Waals surface area contributed by atoms with Crippen molar-refractivity contribution in [2.45, 2.75) is 32.8 Å². The van der Waals surface area contributed by atoms with Crippen molar-refractivity contribution >= 4 is 23.3 Å². The fraction of sp³-hybridized carbons (Fsp3) is 0.350. The maximum Gasteiger partial charge on any atom is 0.268 e. The van der Waals surface area contributed by atoms with E-state index in [1.54, 1.807) is 30.3 Å². The lowest BCUT2D eigenvalue weighted by molar-refractivity contribution is -0.129. The van der Waals surface area contributed by atoms with Crippen molar-refractivity contribution in [1.29, 1.82) is 0 Å². The molecule has 0 saturated heterocycles. The first-order valence-corrected chi connectivity index (χ1v) is 9.02. The quantitative estimate of drug-likeness (QED) is 0.757. The van der Waals surface area contributed by atoms with Gasteiger partial charge in [-0.1, -0.05) is 13.8 Å². The summed E-state index contributed by atoms with van der Waals surface area (Å²) in [7, 11) is 0. The summed E-state index contributed by atoms with van der Waals surface area (Å²) >= 11 is 0. The maximum absolute atomic E-state index is 12.8. The van der Waals surface area contributed by atoms with Crippen molar-refractivity contribution in [1.82, 2.24) is 5.32 Å². The Bertz CT molecular complexity index is 844. The molecule has 7 heteroatoms. The fourth-order valence-corrected chi connectivity index (χ4v) is 2.90.